The van der Waals surface area contributed by atoms with E-state index in [4.69, 9.17) is 16.3 Å². The minimum absolute atomic E-state index is 0.0973. The van der Waals surface area contributed by atoms with Crippen LogP contribution in [0.15, 0.2) is 53.6 Å². The quantitative estimate of drug-likeness (QED) is 0.691. The Hall–Kier alpha value is -2.86. The molecule has 0 unspecified atom stereocenters. The lowest BCUT2D eigenvalue weighted by Crippen LogP contribution is -2.33. The number of rotatable bonds is 5. The maximum absolute atomic E-state index is 12.6. The Bertz CT molecular complexity index is 1020. The fourth-order valence-corrected chi connectivity index (χ4v) is 2.86. The van der Waals surface area contributed by atoms with Gasteiger partial charge in [0.1, 0.15) is 12.3 Å². The Labute approximate surface area is 155 Å². The molecule has 6 nitrogen and oxygen atoms in total. The highest BCUT2D eigenvalue weighted by molar-refractivity contribution is 6.31. The van der Waals surface area contributed by atoms with Crippen LogP contribution in [0.4, 0.5) is 0 Å². The third-order valence-corrected chi connectivity index (χ3v) is 4.35. The van der Waals surface area contributed by atoms with Crippen LogP contribution in [-0.4, -0.2) is 34.5 Å². The molecule has 0 radical (unpaired) electrons. The van der Waals surface area contributed by atoms with Crippen LogP contribution < -0.4 is 10.3 Å². The standard InChI is InChI=1S/C19H18ClN3O3/c1-22(10-13-5-3-4-6-17(13)26-2)18(24)11-23-12-21-16-8-7-14(20)9-15(16)19(23)25/h3-9,12H,10-11H2,1-2H3. The van der Waals surface area contributed by atoms with Crippen LogP contribution in [-0.2, 0) is 17.9 Å². The number of benzene rings is 2. The summed E-state index contributed by atoms with van der Waals surface area (Å²) in [6.07, 6.45) is 1.38. The van der Waals surface area contributed by atoms with Crippen LogP contribution in [0, 0.1) is 0 Å². The first-order valence-electron chi connectivity index (χ1n) is 8.00. The molecule has 26 heavy (non-hydrogen) atoms. The van der Waals surface area contributed by atoms with Gasteiger partial charge in [-0.3, -0.25) is 14.2 Å². The lowest BCUT2D eigenvalue weighted by Gasteiger charge is -2.19. The molecular weight excluding hydrogens is 354 g/mol. The lowest BCUT2D eigenvalue weighted by atomic mass is 10.2. The van der Waals surface area contributed by atoms with Gasteiger partial charge in [0.05, 0.1) is 24.3 Å². The van der Waals surface area contributed by atoms with Crippen LogP contribution in [0.2, 0.25) is 5.02 Å². The van der Waals surface area contributed by atoms with Gasteiger partial charge in [0, 0.05) is 24.2 Å². The van der Waals surface area contributed by atoms with Crippen molar-refractivity contribution in [2.75, 3.05) is 14.2 Å². The number of methoxy groups -OCH3 is 1. The molecule has 0 atom stereocenters. The molecule has 3 aromatic rings. The van der Waals surface area contributed by atoms with Gasteiger partial charge in [-0.05, 0) is 24.3 Å². The normalized spacial score (nSPS) is 10.7. The second-order valence-electron chi connectivity index (χ2n) is 5.90. The number of carbonyl (C=O) groups excluding carboxylic acids is 1. The Morgan fingerprint density at radius 3 is 2.81 bits per heavy atom. The predicted molar refractivity (Wildman–Crippen MR) is 100 cm³/mol. The first-order valence-corrected chi connectivity index (χ1v) is 8.38. The Morgan fingerprint density at radius 2 is 2.04 bits per heavy atom. The van der Waals surface area contributed by atoms with Crippen molar-refractivity contribution in [3.63, 3.8) is 0 Å². The monoisotopic (exact) mass is 371 g/mol. The molecule has 134 valence electrons. The third kappa shape index (κ3) is 3.70. The van der Waals surface area contributed by atoms with Gasteiger partial charge in [-0.15, -0.1) is 0 Å². The van der Waals surface area contributed by atoms with Crippen molar-refractivity contribution in [2.45, 2.75) is 13.1 Å². The molecule has 0 spiro atoms. The molecule has 0 saturated carbocycles. The maximum atomic E-state index is 12.6. The van der Waals surface area contributed by atoms with Crippen LogP contribution >= 0.6 is 11.6 Å². The summed E-state index contributed by atoms with van der Waals surface area (Å²) in [5.74, 6) is 0.507. The van der Waals surface area contributed by atoms with E-state index in [2.05, 4.69) is 4.98 Å². The zero-order chi connectivity index (χ0) is 18.7. The van der Waals surface area contributed by atoms with Crippen molar-refractivity contribution in [1.82, 2.24) is 14.5 Å². The van der Waals surface area contributed by atoms with Gasteiger partial charge >= 0.3 is 0 Å². The number of aromatic nitrogens is 2. The summed E-state index contributed by atoms with van der Waals surface area (Å²) in [5.41, 5.74) is 1.14. The molecule has 1 heterocycles. The van der Waals surface area contributed by atoms with Crippen molar-refractivity contribution in [3.8, 4) is 5.75 Å². The predicted octanol–water partition coefficient (Wildman–Crippen LogP) is 2.72. The minimum atomic E-state index is -0.295. The van der Waals surface area contributed by atoms with Crippen molar-refractivity contribution >= 4 is 28.4 Å². The Kier molecular flexibility index (Phi) is 5.23. The van der Waals surface area contributed by atoms with E-state index in [1.54, 1.807) is 37.3 Å². The number of carbonyl (C=O) groups is 1. The van der Waals surface area contributed by atoms with E-state index in [-0.39, 0.29) is 18.0 Å². The van der Waals surface area contributed by atoms with E-state index in [1.807, 2.05) is 24.3 Å². The fourth-order valence-electron chi connectivity index (χ4n) is 2.69. The number of para-hydroxylation sites is 1. The van der Waals surface area contributed by atoms with Gasteiger partial charge in [-0.1, -0.05) is 29.8 Å². The number of fused-ring (bicyclic) bond motifs is 1. The van der Waals surface area contributed by atoms with Crippen LogP contribution in [0.3, 0.4) is 0 Å². The lowest BCUT2D eigenvalue weighted by molar-refractivity contribution is -0.131. The molecule has 0 aliphatic rings. The Balaban J connectivity index is 1.80. The molecule has 0 aliphatic carbocycles. The molecule has 1 amide bonds. The molecule has 3 rings (SSSR count). The molecule has 0 aliphatic heterocycles. The van der Waals surface area contributed by atoms with E-state index < -0.39 is 0 Å². The minimum Gasteiger partial charge on any atom is -0.496 e. The van der Waals surface area contributed by atoms with Gasteiger partial charge in [0.25, 0.3) is 5.56 Å². The second kappa shape index (κ2) is 7.58. The molecule has 0 N–H and O–H groups in total. The number of hydrogen-bond acceptors (Lipinski definition) is 4. The summed E-state index contributed by atoms with van der Waals surface area (Å²) >= 11 is 5.96. The van der Waals surface area contributed by atoms with Gasteiger partial charge in [-0.25, -0.2) is 4.98 Å². The second-order valence-corrected chi connectivity index (χ2v) is 6.34. The van der Waals surface area contributed by atoms with Gasteiger partial charge in [0.2, 0.25) is 5.91 Å². The Morgan fingerprint density at radius 1 is 1.27 bits per heavy atom. The molecular formula is C19H18ClN3O3. The van der Waals surface area contributed by atoms with Crippen molar-refractivity contribution < 1.29 is 9.53 Å². The number of nitrogens with zero attached hydrogens (tertiary/aromatic N) is 3. The van der Waals surface area contributed by atoms with Crippen molar-refractivity contribution in [1.29, 1.82) is 0 Å². The summed E-state index contributed by atoms with van der Waals surface area (Å²) < 4.78 is 6.60. The average Bonchev–Trinajstić information content (AvgIpc) is 2.64. The first-order chi connectivity index (χ1) is 12.5. The summed E-state index contributed by atoms with van der Waals surface area (Å²) in [5, 5.41) is 0.842. The highest BCUT2D eigenvalue weighted by Crippen LogP contribution is 2.19. The zero-order valence-electron chi connectivity index (χ0n) is 14.5. The number of ether oxygens (including phenoxy) is 1. The number of likely N-dealkylation sites (N-methyl/N-ethyl adjacent to an activating group) is 1. The van der Waals surface area contributed by atoms with Gasteiger partial charge in [-0.2, -0.15) is 0 Å². The van der Waals surface area contributed by atoms with Gasteiger partial charge in [0.15, 0.2) is 0 Å². The molecule has 1 aromatic heterocycles. The van der Waals surface area contributed by atoms with E-state index >= 15 is 0 Å². The summed E-state index contributed by atoms with van der Waals surface area (Å²) in [6, 6.07) is 12.4. The summed E-state index contributed by atoms with van der Waals surface area (Å²) in [6.45, 7) is 0.282. The number of hydrogen-bond donors (Lipinski definition) is 0. The van der Waals surface area contributed by atoms with Crippen molar-refractivity contribution in [2.24, 2.45) is 0 Å². The smallest absolute Gasteiger partial charge is 0.261 e. The molecule has 2 aromatic carbocycles. The molecule has 7 heteroatoms. The highest BCUT2D eigenvalue weighted by Gasteiger charge is 2.14. The molecule has 0 fully saturated rings. The van der Waals surface area contributed by atoms with E-state index in [0.29, 0.717) is 28.2 Å². The van der Waals surface area contributed by atoms with Crippen LogP contribution in [0.1, 0.15) is 5.56 Å². The summed E-state index contributed by atoms with van der Waals surface area (Å²) in [4.78, 5) is 30.9. The molecule has 0 saturated heterocycles. The molecule has 0 bridgehead atoms. The highest BCUT2D eigenvalue weighted by atomic mass is 35.5. The SMILES string of the molecule is COc1ccccc1CN(C)C(=O)Cn1cnc2ccc(Cl)cc2c1=O. The van der Waals surface area contributed by atoms with E-state index in [1.165, 1.54) is 10.9 Å². The average molecular weight is 372 g/mol. The number of amides is 1. The van der Waals surface area contributed by atoms with E-state index in [0.717, 1.165) is 5.56 Å². The maximum Gasteiger partial charge on any atom is 0.261 e. The number of halogens is 1. The largest absolute Gasteiger partial charge is 0.496 e. The van der Waals surface area contributed by atoms with Gasteiger partial charge < -0.3 is 9.64 Å². The fraction of sp³-hybridized carbons (Fsp3) is 0.211. The zero-order valence-corrected chi connectivity index (χ0v) is 15.2. The van der Waals surface area contributed by atoms with Crippen molar-refractivity contribution in [3.05, 3.63) is 69.7 Å². The van der Waals surface area contributed by atoms with Crippen LogP contribution in [0.5, 0.6) is 5.75 Å². The van der Waals surface area contributed by atoms with Crippen LogP contribution in [0.25, 0.3) is 10.9 Å². The topological polar surface area (TPSA) is 64.4 Å². The van der Waals surface area contributed by atoms with E-state index in [9.17, 15) is 9.59 Å². The summed E-state index contributed by atoms with van der Waals surface area (Å²) in [7, 11) is 3.28. The first kappa shape index (κ1) is 17.9. The third-order valence-electron chi connectivity index (χ3n) is 4.12.